The smallest absolute Gasteiger partial charge is 0.136 e. The quantitative estimate of drug-likeness (QED) is 0.772. The number of rotatable bonds is 2. The van der Waals surface area contributed by atoms with Gasteiger partial charge in [-0.15, -0.1) is 11.3 Å². The minimum atomic E-state index is 0.566. The summed E-state index contributed by atoms with van der Waals surface area (Å²) in [5.74, 6) is 1.33. The largest absolute Gasteiger partial charge is 0.383 e. The maximum absolute atomic E-state index is 6.01. The summed E-state index contributed by atoms with van der Waals surface area (Å²) in [6.45, 7) is 2.05. The molecular formula is C14H12BrN3S. The molecule has 3 nitrogen and oxygen atoms in total. The van der Waals surface area contributed by atoms with E-state index < -0.39 is 0 Å². The normalized spacial score (nSPS) is 11.1. The fourth-order valence-electron chi connectivity index (χ4n) is 2.00. The van der Waals surface area contributed by atoms with Crippen molar-refractivity contribution in [2.24, 2.45) is 0 Å². The number of benzene rings is 1. The number of aromatic nitrogens is 2. The average molecular weight is 334 g/mol. The van der Waals surface area contributed by atoms with E-state index in [4.69, 9.17) is 5.73 Å². The average Bonchev–Trinajstić information content (AvgIpc) is 2.73. The van der Waals surface area contributed by atoms with Crippen LogP contribution in [-0.4, -0.2) is 9.97 Å². The molecule has 0 unspecified atom stereocenters. The van der Waals surface area contributed by atoms with E-state index >= 15 is 0 Å². The number of nitrogens with two attached hydrogens (primary N) is 1. The topological polar surface area (TPSA) is 51.8 Å². The van der Waals surface area contributed by atoms with Gasteiger partial charge in [-0.25, -0.2) is 9.97 Å². The van der Waals surface area contributed by atoms with Crippen LogP contribution in [-0.2, 0) is 6.42 Å². The lowest BCUT2D eigenvalue weighted by molar-refractivity contribution is 0.997. The van der Waals surface area contributed by atoms with E-state index in [1.165, 1.54) is 4.88 Å². The molecule has 0 aliphatic rings. The lowest BCUT2D eigenvalue weighted by Gasteiger charge is -2.04. The molecule has 19 heavy (non-hydrogen) atoms. The minimum absolute atomic E-state index is 0.566. The molecule has 0 atom stereocenters. The van der Waals surface area contributed by atoms with Crippen LogP contribution in [0.15, 0.2) is 34.8 Å². The van der Waals surface area contributed by atoms with E-state index in [1.54, 1.807) is 11.3 Å². The zero-order valence-corrected chi connectivity index (χ0v) is 12.8. The summed E-state index contributed by atoms with van der Waals surface area (Å²) in [7, 11) is 0. The third-order valence-corrected chi connectivity index (χ3v) is 4.62. The Morgan fingerprint density at radius 1 is 1.26 bits per heavy atom. The molecule has 0 saturated carbocycles. The summed E-state index contributed by atoms with van der Waals surface area (Å²) in [5.41, 5.74) is 7.17. The Labute approximate surface area is 123 Å². The first-order valence-corrected chi connectivity index (χ1v) is 7.50. The van der Waals surface area contributed by atoms with Crippen LogP contribution in [0.5, 0.6) is 0 Å². The Bertz CT molecular complexity index is 752. The van der Waals surface area contributed by atoms with Crippen molar-refractivity contribution in [3.8, 4) is 0 Å². The van der Waals surface area contributed by atoms with Crippen LogP contribution in [0.4, 0.5) is 5.82 Å². The SMILES string of the molecule is Cc1cc2c(N)nc(Cc3ccccc3Br)nc2s1. The summed E-state index contributed by atoms with van der Waals surface area (Å²) >= 11 is 5.19. The van der Waals surface area contributed by atoms with Gasteiger partial charge < -0.3 is 5.73 Å². The molecule has 96 valence electrons. The predicted molar refractivity (Wildman–Crippen MR) is 83.5 cm³/mol. The van der Waals surface area contributed by atoms with Crippen LogP contribution < -0.4 is 5.73 Å². The van der Waals surface area contributed by atoms with Crippen molar-refractivity contribution in [2.45, 2.75) is 13.3 Å². The number of hydrogen-bond donors (Lipinski definition) is 1. The second-order valence-electron chi connectivity index (χ2n) is 4.37. The van der Waals surface area contributed by atoms with Crippen molar-refractivity contribution < 1.29 is 0 Å². The van der Waals surface area contributed by atoms with E-state index in [-0.39, 0.29) is 0 Å². The lowest BCUT2D eigenvalue weighted by atomic mass is 10.1. The summed E-state index contributed by atoms with van der Waals surface area (Å²) < 4.78 is 1.07. The second kappa shape index (κ2) is 4.90. The van der Waals surface area contributed by atoms with Gasteiger partial charge in [0.1, 0.15) is 16.5 Å². The highest BCUT2D eigenvalue weighted by atomic mass is 79.9. The van der Waals surface area contributed by atoms with Crippen molar-refractivity contribution in [2.75, 3.05) is 5.73 Å². The molecule has 2 aromatic heterocycles. The molecule has 0 amide bonds. The van der Waals surface area contributed by atoms with Gasteiger partial charge >= 0.3 is 0 Å². The number of nitrogens with zero attached hydrogens (tertiary/aromatic N) is 2. The predicted octanol–water partition coefficient (Wildman–Crippen LogP) is 3.94. The van der Waals surface area contributed by atoms with Gasteiger partial charge in [-0.1, -0.05) is 34.1 Å². The van der Waals surface area contributed by atoms with Crippen molar-refractivity contribution in [1.82, 2.24) is 9.97 Å². The lowest BCUT2D eigenvalue weighted by Crippen LogP contribution is -2.01. The standard InChI is InChI=1S/C14H12BrN3S/c1-8-6-10-13(16)17-12(18-14(10)19-8)7-9-4-2-3-5-11(9)15/h2-6H,7H2,1H3,(H2,16,17,18). The van der Waals surface area contributed by atoms with Gasteiger partial charge in [0.2, 0.25) is 0 Å². The number of hydrogen-bond acceptors (Lipinski definition) is 4. The maximum atomic E-state index is 6.01. The molecule has 2 N–H and O–H groups in total. The van der Waals surface area contributed by atoms with Crippen molar-refractivity contribution in [1.29, 1.82) is 0 Å². The monoisotopic (exact) mass is 333 g/mol. The Morgan fingerprint density at radius 2 is 2.05 bits per heavy atom. The number of anilines is 1. The van der Waals surface area contributed by atoms with Gasteiger partial charge in [-0.3, -0.25) is 0 Å². The summed E-state index contributed by atoms with van der Waals surface area (Å²) in [6.07, 6.45) is 0.679. The Kier molecular flexibility index (Phi) is 3.24. The Hall–Kier alpha value is -1.46. The first kappa shape index (κ1) is 12.6. The molecule has 0 aliphatic heterocycles. The van der Waals surface area contributed by atoms with E-state index in [0.29, 0.717) is 12.2 Å². The van der Waals surface area contributed by atoms with Gasteiger partial charge in [0.05, 0.1) is 5.39 Å². The third kappa shape index (κ3) is 2.48. The molecule has 0 saturated heterocycles. The van der Waals surface area contributed by atoms with Crippen LogP contribution in [0, 0.1) is 6.92 Å². The third-order valence-electron chi connectivity index (χ3n) is 2.90. The first-order valence-electron chi connectivity index (χ1n) is 5.89. The fraction of sp³-hybridized carbons (Fsp3) is 0.143. The van der Waals surface area contributed by atoms with Crippen LogP contribution in [0.2, 0.25) is 0 Å². The number of nitrogen functional groups attached to an aromatic ring is 1. The van der Waals surface area contributed by atoms with Gasteiger partial charge in [0, 0.05) is 15.8 Å². The number of fused-ring (bicyclic) bond motifs is 1. The number of aryl methyl sites for hydroxylation is 1. The molecule has 2 heterocycles. The van der Waals surface area contributed by atoms with E-state index in [9.17, 15) is 0 Å². The molecule has 5 heteroatoms. The second-order valence-corrected chi connectivity index (χ2v) is 6.46. The van der Waals surface area contributed by atoms with Gasteiger partial charge in [0.25, 0.3) is 0 Å². The fourth-order valence-corrected chi connectivity index (χ4v) is 3.33. The summed E-state index contributed by atoms with van der Waals surface area (Å²) in [5, 5.41) is 0.957. The highest BCUT2D eigenvalue weighted by molar-refractivity contribution is 9.10. The van der Waals surface area contributed by atoms with Crippen LogP contribution >= 0.6 is 27.3 Å². The van der Waals surface area contributed by atoms with E-state index in [2.05, 4.69) is 38.9 Å². The summed E-state index contributed by atoms with van der Waals surface area (Å²) in [6, 6.07) is 10.1. The van der Waals surface area contributed by atoms with Crippen LogP contribution in [0.1, 0.15) is 16.3 Å². The van der Waals surface area contributed by atoms with Gasteiger partial charge in [-0.05, 0) is 24.6 Å². The van der Waals surface area contributed by atoms with Crippen molar-refractivity contribution in [3.63, 3.8) is 0 Å². The molecule has 3 aromatic rings. The van der Waals surface area contributed by atoms with Crippen LogP contribution in [0.25, 0.3) is 10.2 Å². The highest BCUT2D eigenvalue weighted by Gasteiger charge is 2.09. The number of thiophene rings is 1. The maximum Gasteiger partial charge on any atom is 0.136 e. The Balaban J connectivity index is 2.04. The zero-order valence-electron chi connectivity index (χ0n) is 10.4. The van der Waals surface area contributed by atoms with Crippen molar-refractivity contribution >= 4 is 43.3 Å². The molecule has 1 aromatic carbocycles. The van der Waals surface area contributed by atoms with E-state index in [1.807, 2.05) is 24.3 Å². The van der Waals surface area contributed by atoms with Gasteiger partial charge in [0.15, 0.2) is 0 Å². The van der Waals surface area contributed by atoms with Crippen molar-refractivity contribution in [3.05, 3.63) is 51.1 Å². The molecule has 0 spiro atoms. The number of halogens is 1. The Morgan fingerprint density at radius 3 is 2.84 bits per heavy atom. The summed E-state index contributed by atoms with van der Waals surface area (Å²) in [4.78, 5) is 11.2. The molecule has 0 bridgehead atoms. The molecule has 0 radical (unpaired) electrons. The first-order chi connectivity index (χ1) is 9.13. The molecule has 0 fully saturated rings. The minimum Gasteiger partial charge on any atom is -0.383 e. The molecular weight excluding hydrogens is 322 g/mol. The van der Waals surface area contributed by atoms with Crippen LogP contribution in [0.3, 0.4) is 0 Å². The zero-order chi connectivity index (χ0) is 13.4. The van der Waals surface area contributed by atoms with Gasteiger partial charge in [-0.2, -0.15) is 0 Å². The van der Waals surface area contributed by atoms with E-state index in [0.717, 1.165) is 26.1 Å². The molecule has 3 rings (SSSR count). The highest BCUT2D eigenvalue weighted by Crippen LogP contribution is 2.27. The molecule has 0 aliphatic carbocycles.